The minimum Gasteiger partial charge on any atom is -0.481 e. The highest BCUT2D eigenvalue weighted by Crippen LogP contribution is 2.58. The molecule has 2 rings (SSSR count). The average molecular weight is 310 g/mol. The summed E-state index contributed by atoms with van der Waals surface area (Å²) in [5.74, 6) is -2.11. The van der Waals surface area contributed by atoms with Gasteiger partial charge in [-0.15, -0.1) is 0 Å². The molecule has 4 nitrogen and oxygen atoms in total. The molecule has 1 aliphatic carbocycles. The van der Waals surface area contributed by atoms with Crippen LogP contribution < -0.4 is 5.32 Å². The van der Waals surface area contributed by atoms with E-state index in [-0.39, 0.29) is 11.9 Å². The van der Waals surface area contributed by atoms with Crippen LogP contribution in [0.25, 0.3) is 0 Å². The van der Waals surface area contributed by atoms with Gasteiger partial charge in [-0.2, -0.15) is 0 Å². The monoisotopic (exact) mass is 309 g/mol. The second kappa shape index (κ2) is 5.68. The molecule has 0 radical (unpaired) electrons. The topological polar surface area (TPSA) is 66.4 Å². The molecule has 1 aromatic carbocycles. The molecule has 0 spiro atoms. The molecule has 3 atom stereocenters. The van der Waals surface area contributed by atoms with Gasteiger partial charge in [-0.25, -0.2) is 0 Å². The number of carbonyl (C=O) groups is 2. The maximum absolute atomic E-state index is 12.2. The minimum absolute atomic E-state index is 0.0678. The number of carboxylic acids is 1. The number of nitrogens with one attached hydrogen (secondary N) is 1. The van der Waals surface area contributed by atoms with Gasteiger partial charge in [0.2, 0.25) is 5.91 Å². The Morgan fingerprint density at radius 1 is 1.38 bits per heavy atom. The number of hydrogen-bond donors (Lipinski definition) is 2. The summed E-state index contributed by atoms with van der Waals surface area (Å²) in [7, 11) is 0. The van der Waals surface area contributed by atoms with Crippen LogP contribution >= 0.6 is 11.6 Å². The van der Waals surface area contributed by atoms with Gasteiger partial charge in [-0.05, 0) is 36.5 Å². The van der Waals surface area contributed by atoms with E-state index in [0.717, 1.165) is 5.56 Å². The zero-order chi connectivity index (χ0) is 15.8. The Bertz CT molecular complexity index is 570. The Morgan fingerprint density at radius 2 is 2.05 bits per heavy atom. The van der Waals surface area contributed by atoms with Crippen LogP contribution in [0.2, 0.25) is 5.02 Å². The number of carbonyl (C=O) groups excluding carboxylic acids is 1. The van der Waals surface area contributed by atoms with Crippen molar-refractivity contribution in [3.8, 4) is 0 Å². The van der Waals surface area contributed by atoms with E-state index in [9.17, 15) is 9.59 Å². The van der Waals surface area contributed by atoms with Crippen LogP contribution in [0.3, 0.4) is 0 Å². The third-order valence-corrected chi connectivity index (χ3v) is 4.43. The molecule has 1 aromatic rings. The van der Waals surface area contributed by atoms with Crippen LogP contribution in [0.5, 0.6) is 0 Å². The summed E-state index contributed by atoms with van der Waals surface area (Å²) in [6, 6.07) is 7.43. The SMILES string of the molecule is CC(Cc1cccc(Cl)c1)NC(=O)[C@H]1[C@@H](C(=O)O)C1(C)C. The second-order valence-corrected chi connectivity index (χ2v) is 6.80. The van der Waals surface area contributed by atoms with E-state index in [2.05, 4.69) is 5.32 Å². The maximum Gasteiger partial charge on any atom is 0.307 e. The van der Waals surface area contributed by atoms with Gasteiger partial charge >= 0.3 is 5.97 Å². The maximum atomic E-state index is 12.2. The fourth-order valence-electron chi connectivity index (χ4n) is 2.99. The number of halogens is 1. The quantitative estimate of drug-likeness (QED) is 0.879. The first kappa shape index (κ1) is 15.8. The van der Waals surface area contributed by atoms with Crippen molar-refractivity contribution in [3.63, 3.8) is 0 Å². The summed E-state index contributed by atoms with van der Waals surface area (Å²) in [4.78, 5) is 23.3. The van der Waals surface area contributed by atoms with Crippen LogP contribution in [0.15, 0.2) is 24.3 Å². The highest BCUT2D eigenvalue weighted by atomic mass is 35.5. The molecule has 2 N–H and O–H groups in total. The van der Waals surface area contributed by atoms with E-state index in [1.54, 1.807) is 6.07 Å². The number of benzene rings is 1. The van der Waals surface area contributed by atoms with Crippen LogP contribution in [0, 0.1) is 17.3 Å². The summed E-state index contributed by atoms with van der Waals surface area (Å²) in [6.07, 6.45) is 0.664. The Labute approximate surface area is 129 Å². The molecule has 1 saturated carbocycles. The first-order valence-electron chi connectivity index (χ1n) is 7.01. The summed E-state index contributed by atoms with van der Waals surface area (Å²) in [5, 5.41) is 12.7. The average Bonchev–Trinajstić information content (AvgIpc) is 2.92. The molecule has 1 fully saturated rings. The van der Waals surface area contributed by atoms with Crippen LogP contribution in [-0.4, -0.2) is 23.0 Å². The van der Waals surface area contributed by atoms with Crippen molar-refractivity contribution in [1.82, 2.24) is 5.32 Å². The third kappa shape index (κ3) is 3.38. The first-order chi connectivity index (χ1) is 9.73. The molecule has 1 amide bonds. The van der Waals surface area contributed by atoms with Gasteiger partial charge in [0.05, 0.1) is 11.8 Å². The van der Waals surface area contributed by atoms with Crippen molar-refractivity contribution in [2.75, 3.05) is 0 Å². The van der Waals surface area contributed by atoms with Crippen molar-refractivity contribution in [3.05, 3.63) is 34.9 Å². The molecular formula is C16H20ClNO3. The van der Waals surface area contributed by atoms with Crippen molar-refractivity contribution in [2.45, 2.75) is 33.2 Å². The van der Waals surface area contributed by atoms with Crippen LogP contribution in [0.1, 0.15) is 26.3 Å². The number of rotatable bonds is 5. The molecule has 0 heterocycles. The lowest BCUT2D eigenvalue weighted by Crippen LogP contribution is -2.36. The molecule has 1 unspecified atom stereocenters. The molecule has 21 heavy (non-hydrogen) atoms. The number of aliphatic carboxylic acids is 1. The Kier molecular flexibility index (Phi) is 4.28. The lowest BCUT2D eigenvalue weighted by molar-refractivity contribution is -0.140. The van der Waals surface area contributed by atoms with Crippen LogP contribution in [0.4, 0.5) is 0 Å². The normalized spacial score (nSPS) is 24.2. The van der Waals surface area contributed by atoms with Crippen molar-refractivity contribution < 1.29 is 14.7 Å². The van der Waals surface area contributed by atoms with Gasteiger partial charge in [-0.3, -0.25) is 9.59 Å². The van der Waals surface area contributed by atoms with Gasteiger partial charge in [0.15, 0.2) is 0 Å². The third-order valence-electron chi connectivity index (χ3n) is 4.20. The van der Waals surface area contributed by atoms with Crippen molar-refractivity contribution in [1.29, 1.82) is 0 Å². The fraction of sp³-hybridized carbons (Fsp3) is 0.500. The standard InChI is InChI=1S/C16H20ClNO3/c1-9(7-10-5-4-6-11(17)8-10)18-14(19)12-13(15(20)21)16(12,2)3/h4-6,8-9,12-13H,7H2,1-3H3,(H,18,19)(H,20,21)/t9?,12-,13+/m1/s1. The molecule has 114 valence electrons. The smallest absolute Gasteiger partial charge is 0.307 e. The van der Waals surface area contributed by atoms with E-state index in [4.69, 9.17) is 16.7 Å². The molecule has 0 saturated heterocycles. The number of carboxylic acid groups (broad SMARTS) is 1. The predicted molar refractivity (Wildman–Crippen MR) is 81.2 cm³/mol. The molecule has 0 bridgehead atoms. The minimum atomic E-state index is -0.900. The molecule has 0 aromatic heterocycles. The van der Waals surface area contributed by atoms with E-state index in [1.807, 2.05) is 39.0 Å². The summed E-state index contributed by atoms with van der Waals surface area (Å²) in [6.45, 7) is 5.54. The molecule has 0 aliphatic heterocycles. The zero-order valence-corrected chi connectivity index (χ0v) is 13.1. The lowest BCUT2D eigenvalue weighted by Gasteiger charge is -2.14. The van der Waals surface area contributed by atoms with Gasteiger partial charge in [0, 0.05) is 11.1 Å². The van der Waals surface area contributed by atoms with Crippen LogP contribution in [-0.2, 0) is 16.0 Å². The van der Waals surface area contributed by atoms with E-state index >= 15 is 0 Å². The Morgan fingerprint density at radius 3 is 2.57 bits per heavy atom. The summed E-state index contributed by atoms with van der Waals surface area (Å²) >= 11 is 5.93. The molecule has 5 heteroatoms. The summed E-state index contributed by atoms with van der Waals surface area (Å²) in [5.41, 5.74) is 0.575. The largest absolute Gasteiger partial charge is 0.481 e. The van der Waals surface area contributed by atoms with E-state index in [1.165, 1.54) is 0 Å². The second-order valence-electron chi connectivity index (χ2n) is 6.36. The van der Waals surface area contributed by atoms with E-state index < -0.39 is 23.2 Å². The Hall–Kier alpha value is -1.55. The van der Waals surface area contributed by atoms with Gasteiger partial charge in [-0.1, -0.05) is 37.6 Å². The molecular weight excluding hydrogens is 290 g/mol. The Balaban J connectivity index is 1.93. The van der Waals surface area contributed by atoms with Gasteiger partial charge in [0.1, 0.15) is 0 Å². The number of hydrogen-bond acceptors (Lipinski definition) is 2. The zero-order valence-electron chi connectivity index (χ0n) is 12.4. The first-order valence-corrected chi connectivity index (χ1v) is 7.39. The number of amides is 1. The van der Waals surface area contributed by atoms with E-state index in [0.29, 0.717) is 11.4 Å². The lowest BCUT2D eigenvalue weighted by atomic mass is 10.1. The molecule has 1 aliphatic rings. The highest BCUT2D eigenvalue weighted by molar-refractivity contribution is 6.30. The fourth-order valence-corrected chi connectivity index (χ4v) is 3.20. The summed E-state index contributed by atoms with van der Waals surface area (Å²) < 4.78 is 0. The van der Waals surface area contributed by atoms with Crippen molar-refractivity contribution >= 4 is 23.5 Å². The van der Waals surface area contributed by atoms with Crippen molar-refractivity contribution in [2.24, 2.45) is 17.3 Å². The highest BCUT2D eigenvalue weighted by Gasteiger charge is 2.65. The predicted octanol–water partition coefficient (Wildman–Crippen LogP) is 2.74. The van der Waals surface area contributed by atoms with Gasteiger partial charge in [0.25, 0.3) is 0 Å². The van der Waals surface area contributed by atoms with Gasteiger partial charge < -0.3 is 10.4 Å².